The van der Waals surface area contributed by atoms with Crippen LogP contribution in [0.15, 0.2) is 163 Å². The minimum atomic E-state index is 0.0308. The molecule has 0 spiro atoms. The summed E-state index contributed by atoms with van der Waals surface area (Å²) >= 11 is 0. The highest BCUT2D eigenvalue weighted by Gasteiger charge is 2.26. The molecule has 0 saturated heterocycles. The van der Waals surface area contributed by atoms with Crippen LogP contribution >= 0.6 is 0 Å². The second-order valence-electron chi connectivity index (χ2n) is 12.2. The van der Waals surface area contributed by atoms with Crippen molar-refractivity contribution < 1.29 is 0 Å². The first-order chi connectivity index (χ1) is 21.1. The van der Waals surface area contributed by atoms with E-state index in [0.717, 1.165) is 12.1 Å². The molecular formula is C42H37N. The molecule has 3 unspecified atom stereocenters. The van der Waals surface area contributed by atoms with Crippen LogP contribution in [-0.4, -0.2) is 6.04 Å². The Bertz CT molecular complexity index is 1880. The fraction of sp³-hybridized carbons (Fsp3) is 0.143. The third kappa shape index (κ3) is 5.51. The molecule has 0 bridgehead atoms. The van der Waals surface area contributed by atoms with Gasteiger partial charge in [-0.3, -0.25) is 0 Å². The van der Waals surface area contributed by atoms with Crippen LogP contribution in [0.2, 0.25) is 0 Å². The number of benzene rings is 5. The number of allylic oxidation sites excluding steroid dienone is 6. The zero-order valence-electron chi connectivity index (χ0n) is 24.9. The first-order valence-electron chi connectivity index (χ1n) is 15.3. The molecule has 5 aromatic rings. The first-order valence-corrected chi connectivity index (χ1v) is 15.3. The van der Waals surface area contributed by atoms with Crippen LogP contribution in [-0.2, 0) is 5.41 Å². The van der Waals surface area contributed by atoms with Crippen LogP contribution < -0.4 is 5.32 Å². The van der Waals surface area contributed by atoms with Crippen molar-refractivity contribution in [3.05, 3.63) is 180 Å². The largest absolute Gasteiger partial charge is 0.378 e. The van der Waals surface area contributed by atoms with Crippen LogP contribution in [0.1, 0.15) is 42.9 Å². The lowest BCUT2D eigenvalue weighted by Crippen LogP contribution is -2.26. The van der Waals surface area contributed by atoms with Crippen molar-refractivity contribution in [3.63, 3.8) is 0 Å². The Kier molecular flexibility index (Phi) is 7.17. The molecule has 2 aliphatic rings. The minimum absolute atomic E-state index is 0.0308. The van der Waals surface area contributed by atoms with Crippen LogP contribution in [0.25, 0.3) is 27.5 Å². The van der Waals surface area contributed by atoms with Gasteiger partial charge in [0.2, 0.25) is 0 Å². The summed E-state index contributed by atoms with van der Waals surface area (Å²) in [5.74, 6) is 0.181. The summed E-state index contributed by atoms with van der Waals surface area (Å²) in [6, 6.07) is 44.2. The van der Waals surface area contributed by atoms with E-state index in [1.54, 1.807) is 0 Å². The van der Waals surface area contributed by atoms with Crippen molar-refractivity contribution in [1.29, 1.82) is 0 Å². The van der Waals surface area contributed by atoms with E-state index in [0.29, 0.717) is 0 Å². The molecule has 1 nitrogen and oxygen atoms in total. The molecule has 0 aromatic heterocycles. The van der Waals surface area contributed by atoms with Crippen LogP contribution in [0.5, 0.6) is 0 Å². The van der Waals surface area contributed by atoms with Crippen molar-refractivity contribution >= 4 is 22.0 Å². The number of hydrogen-bond donors (Lipinski definition) is 1. The topological polar surface area (TPSA) is 12.0 Å². The van der Waals surface area contributed by atoms with E-state index in [1.807, 2.05) is 0 Å². The molecule has 0 heterocycles. The van der Waals surface area contributed by atoms with Crippen LogP contribution in [0.3, 0.4) is 0 Å². The van der Waals surface area contributed by atoms with Crippen molar-refractivity contribution in [2.24, 2.45) is 0 Å². The van der Waals surface area contributed by atoms with Gasteiger partial charge in [-0.05, 0) is 69.6 Å². The molecule has 0 saturated carbocycles. The van der Waals surface area contributed by atoms with E-state index in [2.05, 4.69) is 177 Å². The van der Waals surface area contributed by atoms with Gasteiger partial charge in [0, 0.05) is 17.0 Å². The smallest absolute Gasteiger partial charge is 0.0551 e. The Labute approximate surface area is 255 Å². The zero-order chi connectivity index (χ0) is 29.2. The number of fused-ring (bicyclic) bond motifs is 1. The molecule has 3 atom stereocenters. The van der Waals surface area contributed by atoms with E-state index < -0.39 is 0 Å². The second kappa shape index (κ2) is 11.4. The number of hydrogen-bond acceptors (Lipinski definition) is 1. The maximum Gasteiger partial charge on any atom is 0.0551 e. The molecule has 0 radical (unpaired) electrons. The highest BCUT2D eigenvalue weighted by Crippen LogP contribution is 2.38. The van der Waals surface area contributed by atoms with Gasteiger partial charge in [0.15, 0.2) is 0 Å². The molecule has 1 N–H and O–H groups in total. The number of rotatable bonds is 6. The molecular weight excluding hydrogens is 518 g/mol. The Balaban J connectivity index is 1.23. The highest BCUT2D eigenvalue weighted by atomic mass is 14.9. The molecule has 7 rings (SSSR count). The molecule has 43 heavy (non-hydrogen) atoms. The third-order valence-corrected chi connectivity index (χ3v) is 9.15. The highest BCUT2D eigenvalue weighted by molar-refractivity contribution is 5.96. The Hall–Kier alpha value is -4.88. The summed E-state index contributed by atoms with van der Waals surface area (Å²) < 4.78 is 0. The van der Waals surface area contributed by atoms with Gasteiger partial charge >= 0.3 is 0 Å². The van der Waals surface area contributed by atoms with Gasteiger partial charge in [0.05, 0.1) is 6.04 Å². The lowest BCUT2D eigenvalue weighted by atomic mass is 9.75. The Morgan fingerprint density at radius 2 is 1.49 bits per heavy atom. The summed E-state index contributed by atoms with van der Waals surface area (Å²) in [6.45, 7) is 4.52. The summed E-state index contributed by atoms with van der Waals surface area (Å²) in [5, 5.41) is 6.35. The maximum absolute atomic E-state index is 3.79. The van der Waals surface area contributed by atoms with E-state index in [-0.39, 0.29) is 17.4 Å². The molecule has 5 aromatic carbocycles. The molecule has 0 amide bonds. The van der Waals surface area contributed by atoms with Crippen molar-refractivity contribution in [2.45, 2.75) is 37.6 Å². The number of para-hydroxylation sites is 1. The lowest BCUT2D eigenvalue weighted by Gasteiger charge is -2.29. The quantitative estimate of drug-likeness (QED) is 0.220. The standard InChI is InChI=1S/C42H37N/c1-30-24-26-42(2,27-25-30)36-13-8-12-34(28-36)31-18-20-33(21-19-31)40-29-35(22-23-41(40)43-37-14-4-3-5-15-37)39-17-9-11-32-10-6-7-16-38(32)39/h3-26,28-29,40-41,43H,27H2,1-2H3. The van der Waals surface area contributed by atoms with Gasteiger partial charge in [-0.1, -0.05) is 158 Å². The lowest BCUT2D eigenvalue weighted by molar-refractivity contribution is 0.596. The monoisotopic (exact) mass is 555 g/mol. The summed E-state index contributed by atoms with van der Waals surface area (Å²) in [5.41, 5.74) is 10.2. The maximum atomic E-state index is 3.79. The molecule has 0 aliphatic heterocycles. The molecule has 2 aliphatic carbocycles. The van der Waals surface area contributed by atoms with Crippen LogP contribution in [0.4, 0.5) is 5.69 Å². The Morgan fingerprint density at radius 3 is 2.30 bits per heavy atom. The van der Waals surface area contributed by atoms with Gasteiger partial charge in [-0.2, -0.15) is 0 Å². The predicted molar refractivity (Wildman–Crippen MR) is 184 cm³/mol. The van der Waals surface area contributed by atoms with Crippen molar-refractivity contribution in [1.82, 2.24) is 0 Å². The van der Waals surface area contributed by atoms with E-state index in [9.17, 15) is 0 Å². The third-order valence-electron chi connectivity index (χ3n) is 9.15. The average molecular weight is 556 g/mol. The second-order valence-corrected chi connectivity index (χ2v) is 12.2. The minimum Gasteiger partial charge on any atom is -0.378 e. The average Bonchev–Trinajstić information content (AvgIpc) is 3.07. The van der Waals surface area contributed by atoms with Gasteiger partial charge in [0.25, 0.3) is 0 Å². The van der Waals surface area contributed by atoms with Crippen molar-refractivity contribution in [3.8, 4) is 11.1 Å². The van der Waals surface area contributed by atoms with Gasteiger partial charge in [0.1, 0.15) is 0 Å². The van der Waals surface area contributed by atoms with E-state index in [1.165, 1.54) is 49.7 Å². The predicted octanol–water partition coefficient (Wildman–Crippen LogP) is 10.9. The number of nitrogens with one attached hydrogen (secondary N) is 1. The molecule has 0 fully saturated rings. The van der Waals surface area contributed by atoms with Crippen molar-refractivity contribution in [2.75, 3.05) is 5.32 Å². The summed E-state index contributed by atoms with van der Waals surface area (Å²) in [6.07, 6.45) is 15.1. The molecule has 210 valence electrons. The van der Waals surface area contributed by atoms with Gasteiger partial charge in [-0.25, -0.2) is 0 Å². The van der Waals surface area contributed by atoms with Gasteiger partial charge < -0.3 is 5.32 Å². The number of anilines is 1. The van der Waals surface area contributed by atoms with E-state index >= 15 is 0 Å². The molecule has 1 heteroatoms. The normalized spacial score (nSPS) is 21.3. The SMILES string of the molecule is CC1=CCC(C)(c2cccc(-c3ccc(C4C=C(c5cccc6ccccc56)C=CC4Nc4ccccc4)cc3)c2)C=C1. The zero-order valence-corrected chi connectivity index (χ0v) is 24.9. The van der Waals surface area contributed by atoms with Crippen LogP contribution in [0, 0.1) is 0 Å². The van der Waals surface area contributed by atoms with Gasteiger partial charge in [-0.15, -0.1) is 0 Å². The van der Waals surface area contributed by atoms with E-state index in [4.69, 9.17) is 0 Å². The fourth-order valence-electron chi connectivity index (χ4n) is 6.50. The summed E-state index contributed by atoms with van der Waals surface area (Å²) in [7, 11) is 0. The summed E-state index contributed by atoms with van der Waals surface area (Å²) in [4.78, 5) is 0. The Morgan fingerprint density at radius 1 is 0.721 bits per heavy atom. The first kappa shape index (κ1) is 27.0. The fourth-order valence-corrected chi connectivity index (χ4v) is 6.50.